The highest BCUT2D eigenvalue weighted by atomic mass is 19.1. The van der Waals surface area contributed by atoms with Gasteiger partial charge in [0.15, 0.2) is 11.9 Å². The minimum absolute atomic E-state index is 0.00252. The van der Waals surface area contributed by atoms with Gasteiger partial charge in [-0.1, -0.05) is 18.2 Å². The lowest BCUT2D eigenvalue weighted by Crippen LogP contribution is -2.40. The number of anilines is 2. The molecule has 2 amide bonds. The Balaban J connectivity index is 1.17. The number of hydrogen-bond acceptors (Lipinski definition) is 4. The molecule has 1 unspecified atom stereocenters. The number of carbonyl (C=O) groups excluding carboxylic acids is 2. The first-order valence-corrected chi connectivity index (χ1v) is 13.0. The van der Waals surface area contributed by atoms with Gasteiger partial charge >= 0.3 is 0 Å². The van der Waals surface area contributed by atoms with Crippen LogP contribution in [0.5, 0.6) is 0 Å². The van der Waals surface area contributed by atoms with E-state index < -0.39 is 11.2 Å². The van der Waals surface area contributed by atoms with Crippen LogP contribution in [0.3, 0.4) is 0 Å². The number of nitrogens with zero attached hydrogens (tertiary/aromatic N) is 2. The zero-order valence-electron chi connectivity index (χ0n) is 21.5. The summed E-state index contributed by atoms with van der Waals surface area (Å²) in [5.41, 5.74) is 19.0. The molecule has 0 spiro atoms. The Morgan fingerprint density at radius 3 is 2.38 bits per heavy atom. The number of carbonyl (C=O) groups is 2. The maximum Gasteiger partial charge on any atom is 0.230 e. The van der Waals surface area contributed by atoms with Crippen molar-refractivity contribution in [2.75, 3.05) is 23.7 Å². The first-order chi connectivity index (χ1) is 18.6. The van der Waals surface area contributed by atoms with Gasteiger partial charge < -0.3 is 32.7 Å². The van der Waals surface area contributed by atoms with Crippen molar-refractivity contribution in [2.24, 2.45) is 39.4 Å². The number of aliphatic imine (C=N–C) groups is 1. The van der Waals surface area contributed by atoms with E-state index in [0.717, 1.165) is 11.1 Å². The number of halogens is 1. The molecule has 39 heavy (non-hydrogen) atoms. The second-order valence-corrected chi connectivity index (χ2v) is 10.6. The van der Waals surface area contributed by atoms with Gasteiger partial charge in [-0.05, 0) is 73.1 Å². The zero-order valence-corrected chi connectivity index (χ0v) is 21.5. The molecule has 0 aromatic heterocycles. The average molecular weight is 533 g/mol. The van der Waals surface area contributed by atoms with Gasteiger partial charge in [-0.25, -0.2) is 9.38 Å². The number of benzene rings is 2. The second kappa shape index (κ2) is 10.4. The van der Waals surface area contributed by atoms with Gasteiger partial charge in [0.1, 0.15) is 5.82 Å². The van der Waals surface area contributed by atoms with Crippen molar-refractivity contribution in [3.8, 4) is 0 Å². The first kappa shape index (κ1) is 26.2. The van der Waals surface area contributed by atoms with E-state index in [1.807, 2.05) is 18.2 Å². The molecule has 0 radical (unpaired) electrons. The van der Waals surface area contributed by atoms with E-state index in [0.29, 0.717) is 62.3 Å². The summed E-state index contributed by atoms with van der Waals surface area (Å²) in [5, 5.41) is 13.4. The fourth-order valence-corrected chi connectivity index (χ4v) is 5.93. The van der Waals surface area contributed by atoms with Crippen molar-refractivity contribution in [1.29, 1.82) is 5.41 Å². The molecule has 1 aliphatic heterocycles. The molecule has 2 aromatic carbocycles. The lowest BCUT2D eigenvalue weighted by Gasteiger charge is -2.36. The normalized spacial score (nSPS) is 23.3. The topological polar surface area (TPSA) is 176 Å². The predicted molar refractivity (Wildman–Crippen MR) is 149 cm³/mol. The highest BCUT2D eigenvalue weighted by Gasteiger charge is 2.62. The summed E-state index contributed by atoms with van der Waals surface area (Å²) in [5.74, 6) is -0.737. The average Bonchev–Trinajstić information content (AvgIpc) is 3.47. The number of guanidine groups is 2. The fourth-order valence-electron chi connectivity index (χ4n) is 5.93. The van der Waals surface area contributed by atoms with Crippen molar-refractivity contribution in [3.05, 3.63) is 65.5 Å². The standard InChI is InChI=1S/C28H33FN8O2/c29-23-11-20(5-6-21(23)17-7-9-37(10-8-17)27(32)33)36-25(39)28-12-18(13-28)22(14-28)24(38)35-19-3-1-16(2-4-19)15-34-26(30)31/h1-7,11,18,22H,8-10,12-15H2,(H3,32,33)(H,35,38)(H,36,39)(H4,30,31,34). The SMILES string of the molecule is N=C(N)N1CC=C(c2ccc(NC(=O)C34CC(C3)C(C(=O)Nc3ccc(CN=C(N)N)cc3)C4)cc2F)CC1. The highest BCUT2D eigenvalue weighted by molar-refractivity contribution is 5.99. The smallest absolute Gasteiger partial charge is 0.230 e. The second-order valence-electron chi connectivity index (χ2n) is 10.6. The number of nitrogens with one attached hydrogen (secondary N) is 3. The van der Waals surface area contributed by atoms with E-state index in [1.165, 1.54) is 6.07 Å². The van der Waals surface area contributed by atoms with Gasteiger partial charge in [-0.15, -0.1) is 0 Å². The van der Waals surface area contributed by atoms with Crippen molar-refractivity contribution in [3.63, 3.8) is 0 Å². The third kappa shape index (κ3) is 5.43. The van der Waals surface area contributed by atoms with Crippen LogP contribution in [0.25, 0.3) is 5.57 Å². The van der Waals surface area contributed by atoms with Crippen molar-refractivity contribution >= 4 is 40.7 Å². The minimum atomic E-state index is -0.603. The van der Waals surface area contributed by atoms with Gasteiger partial charge in [0.2, 0.25) is 11.8 Å². The molecule has 4 aliphatic rings. The van der Waals surface area contributed by atoms with Crippen molar-refractivity contribution < 1.29 is 14.0 Å². The van der Waals surface area contributed by atoms with Crippen LogP contribution in [0.15, 0.2) is 53.5 Å². The molecule has 3 saturated carbocycles. The maximum absolute atomic E-state index is 15.0. The van der Waals surface area contributed by atoms with Crippen molar-refractivity contribution in [1.82, 2.24) is 4.90 Å². The molecular weight excluding hydrogens is 499 g/mol. The molecule has 3 aliphatic carbocycles. The van der Waals surface area contributed by atoms with E-state index in [4.69, 9.17) is 22.6 Å². The van der Waals surface area contributed by atoms with Gasteiger partial charge in [0.05, 0.1) is 12.0 Å². The number of hydrogen-bond donors (Lipinski definition) is 6. The van der Waals surface area contributed by atoms with E-state index in [9.17, 15) is 14.0 Å². The summed E-state index contributed by atoms with van der Waals surface area (Å²) in [6.45, 7) is 1.39. The van der Waals surface area contributed by atoms with Crippen LogP contribution in [0.1, 0.15) is 36.8 Å². The summed E-state index contributed by atoms with van der Waals surface area (Å²) in [7, 11) is 0. The molecule has 2 aromatic rings. The Kier molecular flexibility index (Phi) is 6.98. The third-order valence-electron chi connectivity index (χ3n) is 8.09. The van der Waals surface area contributed by atoms with Gasteiger partial charge in [-0.2, -0.15) is 0 Å². The number of nitrogens with two attached hydrogens (primary N) is 3. The van der Waals surface area contributed by atoms with E-state index >= 15 is 0 Å². The van der Waals surface area contributed by atoms with Crippen LogP contribution in [0, 0.1) is 28.5 Å². The van der Waals surface area contributed by atoms with Crippen molar-refractivity contribution in [2.45, 2.75) is 32.2 Å². The summed E-state index contributed by atoms with van der Waals surface area (Å²) < 4.78 is 15.0. The Bertz CT molecular complexity index is 1360. The molecular formula is C28H33FN8O2. The van der Waals surface area contributed by atoms with E-state index in [-0.39, 0.29) is 35.6 Å². The minimum Gasteiger partial charge on any atom is -0.370 e. The van der Waals surface area contributed by atoms with E-state index in [1.54, 1.807) is 29.2 Å². The summed E-state index contributed by atoms with van der Waals surface area (Å²) in [6.07, 6.45) is 4.22. The first-order valence-electron chi connectivity index (χ1n) is 13.0. The Hall–Kier alpha value is -4.41. The lowest BCUT2D eigenvalue weighted by molar-refractivity contribution is -0.129. The summed E-state index contributed by atoms with van der Waals surface area (Å²) in [4.78, 5) is 31.9. The molecule has 1 atom stereocenters. The lowest BCUT2D eigenvalue weighted by atomic mass is 9.68. The Morgan fingerprint density at radius 2 is 1.77 bits per heavy atom. The zero-order chi connectivity index (χ0) is 27.7. The molecule has 6 rings (SSSR count). The van der Waals surface area contributed by atoms with Crippen LogP contribution in [0.2, 0.25) is 0 Å². The molecule has 10 nitrogen and oxygen atoms in total. The van der Waals surface area contributed by atoms with Crippen LogP contribution in [0.4, 0.5) is 15.8 Å². The quantitative estimate of drug-likeness (QED) is 0.236. The molecule has 3 fully saturated rings. The molecule has 0 saturated heterocycles. The van der Waals surface area contributed by atoms with Gasteiger partial charge in [-0.3, -0.25) is 15.0 Å². The Morgan fingerprint density at radius 1 is 1.05 bits per heavy atom. The molecule has 9 N–H and O–H groups in total. The fraction of sp³-hybridized carbons (Fsp3) is 0.357. The maximum atomic E-state index is 15.0. The largest absolute Gasteiger partial charge is 0.370 e. The Labute approximate surface area is 226 Å². The molecule has 1 heterocycles. The van der Waals surface area contributed by atoms with Crippen LogP contribution >= 0.6 is 0 Å². The van der Waals surface area contributed by atoms with E-state index in [2.05, 4.69) is 15.6 Å². The predicted octanol–water partition coefficient (Wildman–Crippen LogP) is 2.58. The molecule has 11 heteroatoms. The van der Waals surface area contributed by atoms with Crippen LogP contribution in [-0.2, 0) is 16.1 Å². The van der Waals surface area contributed by atoms with Crippen LogP contribution in [-0.4, -0.2) is 41.7 Å². The molecule has 204 valence electrons. The summed E-state index contributed by atoms with van der Waals surface area (Å²) in [6, 6.07) is 12.0. The van der Waals surface area contributed by atoms with Gasteiger partial charge in [0.25, 0.3) is 0 Å². The monoisotopic (exact) mass is 532 g/mol. The highest BCUT2D eigenvalue weighted by Crippen LogP contribution is 2.62. The molecule has 2 bridgehead atoms. The number of amides is 2. The summed E-state index contributed by atoms with van der Waals surface area (Å²) >= 11 is 0. The van der Waals surface area contributed by atoms with Gasteiger partial charge in [0, 0.05) is 35.9 Å². The van der Waals surface area contributed by atoms with Crippen LogP contribution < -0.4 is 27.8 Å². The third-order valence-corrected chi connectivity index (χ3v) is 8.09. The number of rotatable bonds is 7. The number of fused-ring (bicyclic) bond motifs is 1.